The molecule has 6 nitrogen and oxygen atoms in total. The summed E-state index contributed by atoms with van der Waals surface area (Å²) in [6, 6.07) is 19.9. The van der Waals surface area contributed by atoms with Crippen LogP contribution in [0.4, 0.5) is 11.4 Å². The number of aliphatic imine (C=N–C) groups is 1. The SMILES string of the molecule is O=C1NC(=Nc2ccc3ccccc3c2)SC1=Cc1ccc([N+](=O)[O-])cc1. The minimum absolute atomic E-state index is 0.0132. The van der Waals surface area contributed by atoms with Crippen LogP contribution >= 0.6 is 11.8 Å². The van der Waals surface area contributed by atoms with Gasteiger partial charge in [-0.05, 0) is 58.4 Å². The summed E-state index contributed by atoms with van der Waals surface area (Å²) in [5.74, 6) is -0.238. The van der Waals surface area contributed by atoms with Crippen LogP contribution in [0.15, 0.2) is 76.6 Å². The number of fused-ring (bicyclic) bond motifs is 1. The second-order valence-electron chi connectivity index (χ2n) is 5.86. The highest BCUT2D eigenvalue weighted by Crippen LogP contribution is 2.29. The Kier molecular flexibility index (Phi) is 4.43. The first-order valence-electron chi connectivity index (χ1n) is 8.11. The Bertz CT molecular complexity index is 1120. The maximum absolute atomic E-state index is 12.2. The lowest BCUT2D eigenvalue weighted by Crippen LogP contribution is -2.19. The molecule has 3 aromatic rings. The summed E-state index contributed by atoms with van der Waals surface area (Å²) >= 11 is 1.24. The molecule has 1 fully saturated rings. The van der Waals surface area contributed by atoms with Gasteiger partial charge in [0.05, 0.1) is 15.5 Å². The van der Waals surface area contributed by atoms with Crippen molar-refractivity contribution in [3.05, 3.63) is 87.3 Å². The minimum atomic E-state index is -0.456. The first kappa shape index (κ1) is 17.0. The Morgan fingerprint density at radius 1 is 1.00 bits per heavy atom. The zero-order valence-corrected chi connectivity index (χ0v) is 14.8. The van der Waals surface area contributed by atoms with Crippen LogP contribution in [0.2, 0.25) is 0 Å². The molecular formula is C20H13N3O3S. The molecule has 0 unspecified atom stereocenters. The van der Waals surface area contributed by atoms with E-state index < -0.39 is 4.92 Å². The van der Waals surface area contributed by atoms with Crippen molar-refractivity contribution in [1.82, 2.24) is 5.32 Å². The first-order chi connectivity index (χ1) is 13.1. The number of nitro groups is 1. The third kappa shape index (κ3) is 3.73. The number of amidine groups is 1. The smallest absolute Gasteiger partial charge is 0.269 e. The molecule has 27 heavy (non-hydrogen) atoms. The van der Waals surface area contributed by atoms with Gasteiger partial charge in [0.15, 0.2) is 5.17 Å². The van der Waals surface area contributed by atoms with Crippen molar-refractivity contribution in [2.45, 2.75) is 0 Å². The highest BCUT2D eigenvalue weighted by atomic mass is 32.2. The Morgan fingerprint density at radius 3 is 2.48 bits per heavy atom. The number of hydrogen-bond donors (Lipinski definition) is 1. The number of nitrogens with zero attached hydrogens (tertiary/aromatic N) is 2. The van der Waals surface area contributed by atoms with Crippen LogP contribution in [-0.2, 0) is 4.79 Å². The fraction of sp³-hybridized carbons (Fsp3) is 0. The minimum Gasteiger partial charge on any atom is -0.300 e. The predicted octanol–water partition coefficient (Wildman–Crippen LogP) is 4.64. The van der Waals surface area contributed by atoms with Crippen LogP contribution in [0.1, 0.15) is 5.56 Å². The number of thioether (sulfide) groups is 1. The molecule has 0 aliphatic carbocycles. The fourth-order valence-electron chi connectivity index (χ4n) is 2.69. The van der Waals surface area contributed by atoms with E-state index in [9.17, 15) is 14.9 Å². The maximum atomic E-state index is 12.2. The molecule has 0 atom stereocenters. The number of nitrogens with one attached hydrogen (secondary N) is 1. The third-order valence-electron chi connectivity index (χ3n) is 4.02. The number of amides is 1. The van der Waals surface area contributed by atoms with Gasteiger partial charge in [-0.25, -0.2) is 4.99 Å². The molecule has 1 N–H and O–H groups in total. The highest BCUT2D eigenvalue weighted by Gasteiger charge is 2.23. The average Bonchev–Trinajstić information content (AvgIpc) is 3.01. The Labute approximate surface area is 158 Å². The molecule has 132 valence electrons. The fourth-order valence-corrected chi connectivity index (χ4v) is 3.53. The van der Waals surface area contributed by atoms with Crippen molar-refractivity contribution >= 4 is 51.1 Å². The van der Waals surface area contributed by atoms with Crippen molar-refractivity contribution in [3.8, 4) is 0 Å². The quantitative estimate of drug-likeness (QED) is 0.411. The van der Waals surface area contributed by atoms with E-state index in [1.807, 2.05) is 42.5 Å². The summed E-state index contributed by atoms with van der Waals surface area (Å²) in [4.78, 5) is 27.4. The van der Waals surface area contributed by atoms with Gasteiger partial charge in [-0.2, -0.15) is 0 Å². The first-order valence-corrected chi connectivity index (χ1v) is 8.93. The molecule has 0 spiro atoms. The van der Waals surface area contributed by atoms with Crippen LogP contribution < -0.4 is 5.32 Å². The molecule has 1 heterocycles. The second-order valence-corrected chi connectivity index (χ2v) is 6.89. The number of carbonyl (C=O) groups is 1. The van der Waals surface area contributed by atoms with Gasteiger partial charge in [0.2, 0.25) is 0 Å². The summed E-state index contributed by atoms with van der Waals surface area (Å²) in [5, 5.41) is 16.2. The van der Waals surface area contributed by atoms with Crippen molar-refractivity contribution < 1.29 is 9.72 Å². The van der Waals surface area contributed by atoms with Crippen LogP contribution in [0.3, 0.4) is 0 Å². The van der Waals surface area contributed by atoms with Gasteiger partial charge in [0, 0.05) is 12.1 Å². The van der Waals surface area contributed by atoms with Gasteiger partial charge in [0.1, 0.15) is 0 Å². The second kappa shape index (κ2) is 7.05. The molecule has 1 aliphatic heterocycles. The van der Waals surface area contributed by atoms with Crippen molar-refractivity contribution in [3.63, 3.8) is 0 Å². The molecular weight excluding hydrogens is 362 g/mol. The number of hydrogen-bond acceptors (Lipinski definition) is 5. The molecule has 0 aromatic heterocycles. The van der Waals surface area contributed by atoms with Crippen LogP contribution in [0.25, 0.3) is 16.8 Å². The van der Waals surface area contributed by atoms with Crippen molar-refractivity contribution in [2.24, 2.45) is 4.99 Å². The predicted molar refractivity (Wildman–Crippen MR) is 108 cm³/mol. The summed E-state index contributed by atoms with van der Waals surface area (Å²) in [6.45, 7) is 0. The van der Waals surface area contributed by atoms with Gasteiger partial charge in [0.25, 0.3) is 11.6 Å². The molecule has 0 saturated carbocycles. The molecule has 1 saturated heterocycles. The largest absolute Gasteiger partial charge is 0.300 e. The number of nitro benzene ring substituents is 1. The monoisotopic (exact) mass is 375 g/mol. The highest BCUT2D eigenvalue weighted by molar-refractivity contribution is 8.18. The maximum Gasteiger partial charge on any atom is 0.269 e. The lowest BCUT2D eigenvalue weighted by molar-refractivity contribution is -0.384. The standard InChI is InChI=1S/C20H13N3O3S/c24-19-18(11-13-5-9-17(10-6-13)23(25)26)27-20(22-19)21-16-8-7-14-3-1-2-4-15(14)12-16/h1-12H,(H,21,22,24). The van der Waals surface area contributed by atoms with Crippen molar-refractivity contribution in [1.29, 1.82) is 0 Å². The van der Waals surface area contributed by atoms with Crippen LogP contribution in [0.5, 0.6) is 0 Å². The van der Waals surface area contributed by atoms with E-state index in [1.54, 1.807) is 18.2 Å². The summed E-state index contributed by atoms with van der Waals surface area (Å²) in [7, 11) is 0. The van der Waals surface area contributed by atoms with E-state index in [4.69, 9.17) is 0 Å². The molecule has 0 bridgehead atoms. The van der Waals surface area contributed by atoms with Gasteiger partial charge in [-0.3, -0.25) is 14.9 Å². The Morgan fingerprint density at radius 2 is 1.74 bits per heavy atom. The molecule has 1 amide bonds. The van der Waals surface area contributed by atoms with E-state index in [0.717, 1.165) is 16.5 Å². The lowest BCUT2D eigenvalue weighted by Gasteiger charge is -2.00. The van der Waals surface area contributed by atoms with Crippen LogP contribution in [0, 0.1) is 10.1 Å². The number of benzene rings is 3. The van der Waals surface area contributed by atoms with Gasteiger partial charge in [-0.15, -0.1) is 0 Å². The van der Waals surface area contributed by atoms with E-state index >= 15 is 0 Å². The topological polar surface area (TPSA) is 84.6 Å². The number of non-ortho nitro benzene ring substituents is 1. The van der Waals surface area contributed by atoms with E-state index in [-0.39, 0.29) is 11.6 Å². The Hall–Kier alpha value is -3.45. The zero-order chi connectivity index (χ0) is 18.8. The molecule has 3 aromatic carbocycles. The summed E-state index contributed by atoms with van der Waals surface area (Å²) in [6.07, 6.45) is 1.69. The van der Waals surface area contributed by atoms with E-state index in [0.29, 0.717) is 15.6 Å². The third-order valence-corrected chi connectivity index (χ3v) is 4.93. The molecule has 0 radical (unpaired) electrons. The van der Waals surface area contributed by atoms with Crippen LogP contribution in [-0.4, -0.2) is 16.0 Å². The van der Waals surface area contributed by atoms with Gasteiger partial charge >= 0.3 is 0 Å². The number of rotatable bonds is 3. The summed E-state index contributed by atoms with van der Waals surface area (Å²) < 4.78 is 0. The average molecular weight is 375 g/mol. The number of carbonyl (C=O) groups excluding carboxylic acids is 1. The lowest BCUT2D eigenvalue weighted by atomic mass is 10.1. The molecule has 7 heteroatoms. The zero-order valence-electron chi connectivity index (χ0n) is 14.0. The Balaban J connectivity index is 1.57. The van der Waals surface area contributed by atoms with Gasteiger partial charge < -0.3 is 5.32 Å². The molecule has 4 rings (SSSR count). The van der Waals surface area contributed by atoms with E-state index in [2.05, 4.69) is 10.3 Å². The molecule has 1 aliphatic rings. The van der Waals surface area contributed by atoms with Crippen molar-refractivity contribution in [2.75, 3.05) is 0 Å². The summed E-state index contributed by atoms with van der Waals surface area (Å²) in [5.41, 5.74) is 1.48. The van der Waals surface area contributed by atoms with Gasteiger partial charge in [-0.1, -0.05) is 30.3 Å². The van der Waals surface area contributed by atoms with E-state index in [1.165, 1.54) is 23.9 Å². The normalized spacial score (nSPS) is 16.8.